The first kappa shape index (κ1) is 5.10. The van der Waals surface area contributed by atoms with Gasteiger partial charge in [-0.2, -0.15) is 0 Å². The van der Waals surface area contributed by atoms with Crippen LogP contribution in [0.15, 0.2) is 0 Å². The van der Waals surface area contributed by atoms with Gasteiger partial charge in [0.25, 0.3) is 0 Å². The monoisotopic (exact) mass is 96.1 g/mol. The van der Waals surface area contributed by atoms with Crippen LogP contribution in [0.5, 0.6) is 0 Å². The summed E-state index contributed by atoms with van der Waals surface area (Å²) in [5.41, 5.74) is 0. The van der Waals surface area contributed by atoms with Gasteiger partial charge in [0.2, 0.25) is 0 Å². The summed E-state index contributed by atoms with van der Waals surface area (Å²) in [6, 6.07) is 0. The van der Waals surface area contributed by atoms with Crippen molar-refractivity contribution in [3.05, 3.63) is 7.05 Å². The maximum atomic E-state index is 7.11. The maximum absolute atomic E-state index is 7.11. The van der Waals surface area contributed by atoms with E-state index in [1.54, 1.807) is 4.90 Å². The molecule has 1 heteroatoms. The van der Waals surface area contributed by atoms with Gasteiger partial charge in [-0.1, -0.05) is 6.42 Å². The normalized spacial score (nSPS) is 25.3. The van der Waals surface area contributed by atoms with Crippen molar-refractivity contribution in [1.82, 2.24) is 4.90 Å². The highest BCUT2D eigenvalue weighted by Crippen LogP contribution is 2.05. The van der Waals surface area contributed by atoms with E-state index in [2.05, 4.69) is 0 Å². The number of hydrogen-bond donors (Lipinski definition) is 0. The van der Waals surface area contributed by atoms with Crippen molar-refractivity contribution >= 4 is 0 Å². The van der Waals surface area contributed by atoms with Crippen LogP contribution in [0.25, 0.3) is 0 Å². The summed E-state index contributed by atoms with van der Waals surface area (Å²) in [6.07, 6.45) is 3.78. The second-order valence-electron chi connectivity index (χ2n) is 2.05. The number of nitrogens with zero attached hydrogens (tertiary/aromatic N) is 1. The second kappa shape index (κ2) is 2.31. The molecule has 7 heavy (non-hydrogen) atoms. The van der Waals surface area contributed by atoms with E-state index in [0.29, 0.717) is 0 Å². The van der Waals surface area contributed by atoms with Crippen molar-refractivity contribution in [2.24, 2.45) is 0 Å². The van der Waals surface area contributed by atoms with Gasteiger partial charge in [0.1, 0.15) is 0 Å². The number of rotatable bonds is 0. The van der Waals surface area contributed by atoms with Crippen LogP contribution in [0.4, 0.5) is 0 Å². The summed E-state index contributed by atoms with van der Waals surface area (Å²) in [6.45, 7) is 1.97. The predicted octanol–water partition coefficient (Wildman–Crippen LogP) is 1.02. The quantitative estimate of drug-likeness (QED) is 0.435. The zero-order valence-electron chi connectivity index (χ0n) is 4.48. The highest BCUT2D eigenvalue weighted by atomic mass is 15.1. The Bertz CT molecular complexity index is 46.1. The molecule has 1 rings (SSSR count). The molecule has 39 valence electrons. The molecule has 1 heterocycles. The van der Waals surface area contributed by atoms with E-state index >= 15 is 0 Å². The largest absolute Gasteiger partial charge is 0.292 e. The molecule has 1 saturated heterocycles. The van der Waals surface area contributed by atoms with Crippen molar-refractivity contribution in [3.8, 4) is 0 Å². The Morgan fingerprint density at radius 1 is 1.00 bits per heavy atom. The molecule has 0 amide bonds. The van der Waals surface area contributed by atoms with Gasteiger partial charge in [0, 0.05) is 0 Å². The summed E-state index contributed by atoms with van der Waals surface area (Å²) in [4.78, 5) is 1.64. The Kier molecular flexibility index (Phi) is 1.69. The van der Waals surface area contributed by atoms with Gasteiger partial charge in [-0.15, -0.1) is 0 Å². The van der Waals surface area contributed by atoms with Crippen molar-refractivity contribution in [3.63, 3.8) is 0 Å². The van der Waals surface area contributed by atoms with Crippen molar-refractivity contribution in [1.29, 1.82) is 0 Å². The fourth-order valence-corrected chi connectivity index (χ4v) is 0.894. The second-order valence-corrected chi connectivity index (χ2v) is 2.05. The third kappa shape index (κ3) is 1.48. The SMILES string of the molecule is [C]N1CCCCC1. The average molecular weight is 96.2 g/mol. The Balaban J connectivity index is 2.12. The molecular formula is C6H10N. The number of hydrogen-bond acceptors (Lipinski definition) is 1. The van der Waals surface area contributed by atoms with E-state index in [0.717, 1.165) is 13.1 Å². The third-order valence-electron chi connectivity index (χ3n) is 1.36. The molecule has 0 aromatic carbocycles. The van der Waals surface area contributed by atoms with Gasteiger partial charge >= 0.3 is 0 Å². The van der Waals surface area contributed by atoms with Crippen molar-refractivity contribution in [2.75, 3.05) is 13.1 Å². The van der Waals surface area contributed by atoms with Crippen molar-refractivity contribution in [2.45, 2.75) is 19.3 Å². The zero-order valence-corrected chi connectivity index (χ0v) is 4.48. The van der Waals surface area contributed by atoms with Crippen LogP contribution in [0.3, 0.4) is 0 Å². The minimum absolute atomic E-state index is 0.986. The highest BCUT2D eigenvalue weighted by molar-refractivity contribution is 4.61. The first-order valence-corrected chi connectivity index (χ1v) is 2.86. The summed E-state index contributed by atoms with van der Waals surface area (Å²) >= 11 is 0. The Labute approximate surface area is 45.3 Å². The first-order valence-electron chi connectivity index (χ1n) is 2.86. The lowest BCUT2D eigenvalue weighted by molar-refractivity contribution is 0.305. The van der Waals surface area contributed by atoms with Crippen LogP contribution < -0.4 is 0 Å². The predicted molar refractivity (Wildman–Crippen MR) is 28.7 cm³/mol. The van der Waals surface area contributed by atoms with Crippen LogP contribution in [0, 0.1) is 7.05 Å². The Morgan fingerprint density at radius 3 is 1.86 bits per heavy atom. The molecule has 0 aromatic rings. The molecule has 1 aliphatic rings. The van der Waals surface area contributed by atoms with Crippen LogP contribution in [-0.2, 0) is 0 Å². The molecule has 0 bridgehead atoms. The zero-order chi connectivity index (χ0) is 5.11. The lowest BCUT2D eigenvalue weighted by Crippen LogP contribution is -2.22. The molecule has 1 nitrogen and oxygen atoms in total. The molecule has 1 fully saturated rings. The van der Waals surface area contributed by atoms with E-state index in [4.69, 9.17) is 7.05 Å². The molecule has 0 spiro atoms. The molecule has 0 aromatic heterocycles. The van der Waals surface area contributed by atoms with E-state index in [1.165, 1.54) is 19.3 Å². The molecular weight excluding hydrogens is 86.1 g/mol. The molecule has 0 N–H and O–H groups in total. The summed E-state index contributed by atoms with van der Waals surface area (Å²) < 4.78 is 0. The minimum Gasteiger partial charge on any atom is -0.292 e. The average Bonchev–Trinajstić information content (AvgIpc) is 1.69. The molecule has 3 radical (unpaired) electrons. The van der Waals surface area contributed by atoms with Crippen molar-refractivity contribution < 1.29 is 0 Å². The van der Waals surface area contributed by atoms with E-state index in [-0.39, 0.29) is 0 Å². The van der Waals surface area contributed by atoms with E-state index in [1.807, 2.05) is 0 Å². The number of likely N-dealkylation sites (tertiary alicyclic amines) is 1. The van der Waals surface area contributed by atoms with Gasteiger partial charge in [0.15, 0.2) is 0 Å². The van der Waals surface area contributed by atoms with Crippen LogP contribution in [-0.4, -0.2) is 18.0 Å². The third-order valence-corrected chi connectivity index (χ3v) is 1.36. The van der Waals surface area contributed by atoms with Crippen LogP contribution >= 0.6 is 0 Å². The Hall–Kier alpha value is -0.0400. The highest BCUT2D eigenvalue weighted by Gasteiger charge is 2.03. The van der Waals surface area contributed by atoms with E-state index in [9.17, 15) is 0 Å². The topological polar surface area (TPSA) is 3.24 Å². The van der Waals surface area contributed by atoms with Gasteiger partial charge in [-0.3, -0.25) is 4.90 Å². The van der Waals surface area contributed by atoms with Crippen LogP contribution in [0.1, 0.15) is 19.3 Å². The molecule has 1 aliphatic heterocycles. The van der Waals surface area contributed by atoms with Crippen LogP contribution in [0.2, 0.25) is 0 Å². The fourth-order valence-electron chi connectivity index (χ4n) is 0.894. The van der Waals surface area contributed by atoms with Gasteiger partial charge < -0.3 is 0 Å². The van der Waals surface area contributed by atoms with E-state index < -0.39 is 0 Å². The standard InChI is InChI=1S/C6H10N/c1-7-5-3-2-4-6-7/h2-6H2. The molecule has 0 unspecified atom stereocenters. The number of piperidine rings is 1. The molecule has 0 atom stereocenters. The summed E-state index contributed by atoms with van der Waals surface area (Å²) in [5.74, 6) is 0. The summed E-state index contributed by atoms with van der Waals surface area (Å²) in [5, 5.41) is 0. The first-order chi connectivity index (χ1) is 3.39. The van der Waals surface area contributed by atoms with Gasteiger partial charge in [-0.25, -0.2) is 0 Å². The van der Waals surface area contributed by atoms with Gasteiger partial charge in [0.05, 0.1) is 7.05 Å². The maximum Gasteiger partial charge on any atom is 0.0882 e. The molecule has 0 saturated carbocycles. The summed E-state index contributed by atoms with van der Waals surface area (Å²) in [7, 11) is 7.11. The Morgan fingerprint density at radius 2 is 1.57 bits per heavy atom. The lowest BCUT2D eigenvalue weighted by Gasteiger charge is -2.19. The fraction of sp³-hybridized carbons (Fsp3) is 0.833. The lowest BCUT2D eigenvalue weighted by atomic mass is 10.1. The minimum atomic E-state index is 0.986. The smallest absolute Gasteiger partial charge is 0.0882 e. The van der Waals surface area contributed by atoms with Gasteiger partial charge in [-0.05, 0) is 25.9 Å². The molecule has 0 aliphatic carbocycles.